The maximum Gasteiger partial charge on any atom is 0.131 e. The van der Waals surface area contributed by atoms with Crippen LogP contribution in [-0.2, 0) is 13.0 Å². The van der Waals surface area contributed by atoms with Crippen molar-refractivity contribution < 1.29 is 4.39 Å². The van der Waals surface area contributed by atoms with Crippen LogP contribution < -0.4 is 5.32 Å². The van der Waals surface area contributed by atoms with Gasteiger partial charge in [0.05, 0.1) is 0 Å². The largest absolute Gasteiger partial charge is 0.312 e. The minimum absolute atomic E-state index is 0.131. The number of rotatable bonds is 1. The Morgan fingerprint density at radius 3 is 2.78 bits per heavy atom. The van der Waals surface area contributed by atoms with E-state index in [4.69, 9.17) is 0 Å². The molecule has 1 aliphatic heterocycles. The van der Waals surface area contributed by atoms with Crippen LogP contribution in [0, 0.1) is 12.7 Å². The molecule has 0 fully saturated rings. The average molecular weight is 241 g/mol. The summed E-state index contributed by atoms with van der Waals surface area (Å²) >= 11 is 0. The lowest BCUT2D eigenvalue weighted by atomic mass is 9.90. The molecule has 2 heteroatoms. The fraction of sp³-hybridized carbons (Fsp3) is 0.250. The molecule has 3 rings (SSSR count). The summed E-state index contributed by atoms with van der Waals surface area (Å²) in [4.78, 5) is 0. The van der Waals surface area contributed by atoms with Crippen LogP contribution >= 0.6 is 0 Å². The molecule has 18 heavy (non-hydrogen) atoms. The van der Waals surface area contributed by atoms with E-state index in [1.165, 1.54) is 17.2 Å². The molecular formula is C16H16FN. The van der Waals surface area contributed by atoms with Gasteiger partial charge in [-0.05, 0) is 48.2 Å². The van der Waals surface area contributed by atoms with Crippen LogP contribution in [0.25, 0.3) is 11.1 Å². The summed E-state index contributed by atoms with van der Waals surface area (Å²) in [6.07, 6.45) is 1.02. The molecule has 92 valence electrons. The predicted octanol–water partition coefficient (Wildman–Crippen LogP) is 3.45. The van der Waals surface area contributed by atoms with Crippen molar-refractivity contribution in [1.82, 2.24) is 5.32 Å². The molecule has 0 atom stereocenters. The van der Waals surface area contributed by atoms with E-state index in [0.29, 0.717) is 0 Å². The lowest BCUT2D eigenvalue weighted by Crippen LogP contribution is -2.24. The van der Waals surface area contributed by atoms with E-state index in [-0.39, 0.29) is 5.82 Å². The Hall–Kier alpha value is -1.67. The zero-order chi connectivity index (χ0) is 12.5. The molecular weight excluding hydrogens is 225 g/mol. The number of halogens is 1. The first-order valence-corrected chi connectivity index (χ1v) is 6.34. The van der Waals surface area contributed by atoms with Crippen LogP contribution in [0.1, 0.15) is 16.7 Å². The van der Waals surface area contributed by atoms with E-state index in [1.54, 1.807) is 6.07 Å². The lowest BCUT2D eigenvalue weighted by Gasteiger charge is -2.21. The van der Waals surface area contributed by atoms with Gasteiger partial charge in [-0.2, -0.15) is 0 Å². The van der Waals surface area contributed by atoms with Crippen molar-refractivity contribution in [3.63, 3.8) is 0 Å². The third-order valence-corrected chi connectivity index (χ3v) is 3.64. The molecule has 1 heterocycles. The lowest BCUT2D eigenvalue weighted by molar-refractivity contribution is 0.626. The van der Waals surface area contributed by atoms with E-state index in [2.05, 4.69) is 11.4 Å². The van der Waals surface area contributed by atoms with Crippen molar-refractivity contribution in [2.24, 2.45) is 0 Å². The minimum atomic E-state index is -0.131. The van der Waals surface area contributed by atoms with Gasteiger partial charge in [-0.3, -0.25) is 0 Å². The number of fused-ring (bicyclic) bond motifs is 1. The predicted molar refractivity (Wildman–Crippen MR) is 72.0 cm³/mol. The molecule has 2 aromatic rings. The van der Waals surface area contributed by atoms with Gasteiger partial charge in [0, 0.05) is 12.1 Å². The van der Waals surface area contributed by atoms with Gasteiger partial charge < -0.3 is 5.32 Å². The van der Waals surface area contributed by atoms with Gasteiger partial charge in [-0.25, -0.2) is 4.39 Å². The van der Waals surface area contributed by atoms with Crippen LogP contribution in [-0.4, -0.2) is 6.54 Å². The molecule has 0 amide bonds. The van der Waals surface area contributed by atoms with Crippen molar-refractivity contribution in [3.8, 4) is 11.1 Å². The summed E-state index contributed by atoms with van der Waals surface area (Å²) in [6.45, 7) is 3.81. The molecule has 1 aliphatic rings. The van der Waals surface area contributed by atoms with Gasteiger partial charge in [0.2, 0.25) is 0 Å². The van der Waals surface area contributed by atoms with Crippen molar-refractivity contribution >= 4 is 0 Å². The van der Waals surface area contributed by atoms with E-state index < -0.39 is 0 Å². The molecule has 0 aromatic heterocycles. The van der Waals surface area contributed by atoms with Crippen molar-refractivity contribution in [3.05, 3.63) is 58.9 Å². The fourth-order valence-corrected chi connectivity index (χ4v) is 2.72. The van der Waals surface area contributed by atoms with Gasteiger partial charge in [-0.15, -0.1) is 0 Å². The number of nitrogens with one attached hydrogen (secondary N) is 1. The Kier molecular flexibility index (Phi) is 2.88. The van der Waals surface area contributed by atoms with Crippen molar-refractivity contribution in [1.29, 1.82) is 0 Å². The highest BCUT2D eigenvalue weighted by atomic mass is 19.1. The molecule has 0 saturated carbocycles. The molecule has 1 nitrogen and oxygen atoms in total. The molecule has 0 bridgehead atoms. The third-order valence-electron chi connectivity index (χ3n) is 3.64. The maximum atomic E-state index is 14.1. The molecule has 2 aromatic carbocycles. The first-order valence-electron chi connectivity index (χ1n) is 6.34. The topological polar surface area (TPSA) is 12.0 Å². The highest BCUT2D eigenvalue weighted by molar-refractivity contribution is 5.72. The molecule has 1 N–H and O–H groups in total. The summed E-state index contributed by atoms with van der Waals surface area (Å²) in [7, 11) is 0. The quantitative estimate of drug-likeness (QED) is 0.806. The monoisotopic (exact) mass is 241 g/mol. The van der Waals surface area contributed by atoms with Crippen molar-refractivity contribution in [2.45, 2.75) is 19.9 Å². The second kappa shape index (κ2) is 4.54. The number of aryl methyl sites for hydroxylation is 1. The third kappa shape index (κ3) is 1.83. The molecule has 0 aliphatic carbocycles. The van der Waals surface area contributed by atoms with Crippen LogP contribution in [0.4, 0.5) is 4.39 Å². The SMILES string of the molecule is Cc1cccc(F)c1-c1cccc2c1CNCC2. The molecule has 0 unspecified atom stereocenters. The Morgan fingerprint density at radius 1 is 1.11 bits per heavy atom. The molecule has 0 radical (unpaired) electrons. The standard InChI is InChI=1S/C16H16FN/c1-11-4-2-7-15(17)16(11)13-6-3-5-12-8-9-18-10-14(12)13/h2-7,18H,8-10H2,1H3. The summed E-state index contributed by atoms with van der Waals surface area (Å²) in [5.41, 5.74) is 5.37. The van der Waals surface area contributed by atoms with E-state index in [0.717, 1.165) is 36.2 Å². The van der Waals surface area contributed by atoms with Gasteiger partial charge in [0.1, 0.15) is 5.82 Å². The first-order chi connectivity index (χ1) is 8.77. The number of hydrogen-bond donors (Lipinski definition) is 1. The summed E-state index contributed by atoms with van der Waals surface area (Å²) in [5.74, 6) is -0.131. The Morgan fingerprint density at radius 2 is 1.94 bits per heavy atom. The summed E-state index contributed by atoms with van der Waals surface area (Å²) in [6, 6.07) is 11.5. The molecule has 0 saturated heterocycles. The molecule has 0 spiro atoms. The van der Waals surface area contributed by atoms with E-state index >= 15 is 0 Å². The summed E-state index contributed by atoms with van der Waals surface area (Å²) in [5, 5.41) is 3.37. The second-order valence-electron chi connectivity index (χ2n) is 4.80. The number of hydrogen-bond acceptors (Lipinski definition) is 1. The average Bonchev–Trinajstić information content (AvgIpc) is 2.39. The van der Waals surface area contributed by atoms with Crippen LogP contribution in [0.3, 0.4) is 0 Å². The second-order valence-corrected chi connectivity index (χ2v) is 4.80. The van der Waals surface area contributed by atoms with Crippen molar-refractivity contribution in [2.75, 3.05) is 6.54 Å². The maximum absolute atomic E-state index is 14.1. The van der Waals surface area contributed by atoms with Gasteiger partial charge in [0.25, 0.3) is 0 Å². The highest BCUT2D eigenvalue weighted by Crippen LogP contribution is 2.32. The fourth-order valence-electron chi connectivity index (χ4n) is 2.72. The minimum Gasteiger partial charge on any atom is -0.312 e. The van der Waals surface area contributed by atoms with E-state index in [9.17, 15) is 4.39 Å². The zero-order valence-corrected chi connectivity index (χ0v) is 10.5. The van der Waals surface area contributed by atoms with Crippen LogP contribution in [0.15, 0.2) is 36.4 Å². The van der Waals surface area contributed by atoms with Crippen LogP contribution in [0.2, 0.25) is 0 Å². The zero-order valence-electron chi connectivity index (χ0n) is 10.5. The first kappa shape index (κ1) is 11.4. The van der Waals surface area contributed by atoms with E-state index in [1.807, 2.05) is 25.1 Å². The Balaban J connectivity index is 2.23. The number of benzene rings is 2. The Bertz CT molecular complexity index is 569. The van der Waals surface area contributed by atoms with Gasteiger partial charge in [0.15, 0.2) is 0 Å². The smallest absolute Gasteiger partial charge is 0.131 e. The van der Waals surface area contributed by atoms with Gasteiger partial charge in [-0.1, -0.05) is 30.3 Å². The Labute approximate surface area is 107 Å². The summed E-state index contributed by atoms with van der Waals surface area (Å²) < 4.78 is 14.1. The van der Waals surface area contributed by atoms with Gasteiger partial charge >= 0.3 is 0 Å². The van der Waals surface area contributed by atoms with Crippen LogP contribution in [0.5, 0.6) is 0 Å². The normalized spacial score (nSPS) is 14.3. The highest BCUT2D eigenvalue weighted by Gasteiger charge is 2.16.